The van der Waals surface area contributed by atoms with E-state index in [1.54, 1.807) is 0 Å². The lowest BCUT2D eigenvalue weighted by Gasteiger charge is -2.18. The number of hydrogen-bond donors (Lipinski definition) is 0. The molecule has 0 bridgehead atoms. The molecule has 6 nitrogen and oxygen atoms in total. The maximum Gasteiger partial charge on any atom is 0.306 e. The number of allylic oxidation sites excluding steroid dienone is 6. The second-order valence-corrected chi connectivity index (χ2v) is 16.4. The van der Waals surface area contributed by atoms with Crippen molar-refractivity contribution in [3.05, 3.63) is 36.5 Å². The summed E-state index contributed by atoms with van der Waals surface area (Å²) in [6.45, 7) is 6.51. The molecule has 0 aliphatic heterocycles. The van der Waals surface area contributed by atoms with Crippen LogP contribution in [0.2, 0.25) is 0 Å². The molecule has 332 valence electrons. The molecule has 0 aromatic rings. The summed E-state index contributed by atoms with van der Waals surface area (Å²) in [7, 11) is 0. The van der Waals surface area contributed by atoms with Crippen molar-refractivity contribution in [3.8, 4) is 0 Å². The molecule has 0 heterocycles. The maximum atomic E-state index is 12.7. The van der Waals surface area contributed by atoms with Crippen molar-refractivity contribution in [3.63, 3.8) is 0 Å². The van der Waals surface area contributed by atoms with Gasteiger partial charge in [-0.3, -0.25) is 14.4 Å². The predicted molar refractivity (Wildman–Crippen MR) is 242 cm³/mol. The Labute approximate surface area is 353 Å². The van der Waals surface area contributed by atoms with Crippen LogP contribution in [0.15, 0.2) is 36.5 Å². The van der Waals surface area contributed by atoms with Gasteiger partial charge in [0.05, 0.1) is 0 Å². The fraction of sp³-hybridized carbons (Fsp3) is 0.824. The Balaban J connectivity index is 4.34. The van der Waals surface area contributed by atoms with Crippen LogP contribution in [0.5, 0.6) is 0 Å². The fourth-order valence-electron chi connectivity index (χ4n) is 6.99. The summed E-state index contributed by atoms with van der Waals surface area (Å²) in [4.78, 5) is 37.8. The molecular weight excluding hydrogens is 709 g/mol. The average molecular weight is 801 g/mol. The Bertz CT molecular complexity index is 969. The number of carbonyl (C=O) groups is 3. The number of ether oxygens (including phenoxy) is 3. The largest absolute Gasteiger partial charge is 0.462 e. The number of hydrogen-bond acceptors (Lipinski definition) is 6. The minimum Gasteiger partial charge on any atom is -0.462 e. The van der Waals surface area contributed by atoms with Gasteiger partial charge in [-0.25, -0.2) is 0 Å². The first kappa shape index (κ1) is 54.6. The summed E-state index contributed by atoms with van der Waals surface area (Å²) in [5.41, 5.74) is 0. The molecule has 1 atom stereocenters. The zero-order valence-corrected chi connectivity index (χ0v) is 37.9. The van der Waals surface area contributed by atoms with E-state index in [1.807, 2.05) is 0 Å². The molecule has 57 heavy (non-hydrogen) atoms. The van der Waals surface area contributed by atoms with Crippen LogP contribution in [0, 0.1) is 0 Å². The van der Waals surface area contributed by atoms with E-state index < -0.39 is 6.10 Å². The van der Waals surface area contributed by atoms with Crippen molar-refractivity contribution in [1.29, 1.82) is 0 Å². The van der Waals surface area contributed by atoms with Gasteiger partial charge in [0.25, 0.3) is 0 Å². The normalized spacial score (nSPS) is 12.3. The van der Waals surface area contributed by atoms with Crippen molar-refractivity contribution in [2.24, 2.45) is 0 Å². The van der Waals surface area contributed by atoms with Gasteiger partial charge in [0.15, 0.2) is 6.10 Å². The van der Waals surface area contributed by atoms with E-state index in [-0.39, 0.29) is 31.1 Å². The van der Waals surface area contributed by atoms with Crippen LogP contribution < -0.4 is 0 Å². The molecular formula is C51H92O6. The van der Waals surface area contributed by atoms with Gasteiger partial charge < -0.3 is 14.2 Å². The van der Waals surface area contributed by atoms with Crippen LogP contribution in [0.3, 0.4) is 0 Å². The maximum absolute atomic E-state index is 12.7. The monoisotopic (exact) mass is 801 g/mol. The number of unbranched alkanes of at least 4 members (excludes halogenated alkanes) is 27. The first-order chi connectivity index (χ1) is 28.0. The van der Waals surface area contributed by atoms with E-state index in [9.17, 15) is 14.4 Å². The van der Waals surface area contributed by atoms with Crippen LogP contribution in [-0.4, -0.2) is 37.2 Å². The molecule has 0 spiro atoms. The smallest absolute Gasteiger partial charge is 0.306 e. The predicted octanol–water partition coefficient (Wildman–Crippen LogP) is 15.8. The molecule has 0 rings (SSSR count). The molecule has 0 radical (unpaired) electrons. The minimum absolute atomic E-state index is 0.0742. The minimum atomic E-state index is -0.772. The summed E-state index contributed by atoms with van der Waals surface area (Å²) >= 11 is 0. The van der Waals surface area contributed by atoms with Gasteiger partial charge in [-0.15, -0.1) is 0 Å². The van der Waals surface area contributed by atoms with Crippen LogP contribution in [-0.2, 0) is 28.6 Å². The molecule has 0 aliphatic carbocycles. The van der Waals surface area contributed by atoms with Crippen LogP contribution in [0.4, 0.5) is 0 Å². The zero-order valence-electron chi connectivity index (χ0n) is 37.9. The van der Waals surface area contributed by atoms with E-state index in [1.165, 1.54) is 116 Å². The topological polar surface area (TPSA) is 78.9 Å². The van der Waals surface area contributed by atoms with Gasteiger partial charge >= 0.3 is 17.9 Å². The molecule has 0 N–H and O–H groups in total. The number of esters is 3. The Hall–Kier alpha value is -2.37. The van der Waals surface area contributed by atoms with Crippen molar-refractivity contribution in [1.82, 2.24) is 0 Å². The second-order valence-electron chi connectivity index (χ2n) is 16.4. The van der Waals surface area contributed by atoms with Crippen molar-refractivity contribution in [2.75, 3.05) is 13.2 Å². The van der Waals surface area contributed by atoms with Gasteiger partial charge in [-0.05, 0) is 51.4 Å². The highest BCUT2D eigenvalue weighted by Gasteiger charge is 2.19. The first-order valence-corrected chi connectivity index (χ1v) is 24.5. The Morgan fingerprint density at radius 2 is 0.684 bits per heavy atom. The summed E-state index contributed by atoms with van der Waals surface area (Å²) in [6, 6.07) is 0. The van der Waals surface area contributed by atoms with Crippen molar-refractivity contribution < 1.29 is 28.6 Å². The molecule has 0 saturated heterocycles. The van der Waals surface area contributed by atoms with Crippen LogP contribution >= 0.6 is 0 Å². The Morgan fingerprint density at radius 1 is 0.368 bits per heavy atom. The molecule has 0 aromatic heterocycles. The summed E-state index contributed by atoms with van der Waals surface area (Å²) in [5.74, 6) is -0.886. The molecule has 0 amide bonds. The molecule has 6 heteroatoms. The van der Waals surface area contributed by atoms with E-state index in [2.05, 4.69) is 57.2 Å². The zero-order chi connectivity index (χ0) is 41.5. The van der Waals surface area contributed by atoms with Gasteiger partial charge in [-0.2, -0.15) is 0 Å². The highest BCUT2D eigenvalue weighted by atomic mass is 16.6. The first-order valence-electron chi connectivity index (χ1n) is 24.5. The van der Waals surface area contributed by atoms with Crippen molar-refractivity contribution in [2.45, 2.75) is 258 Å². The Kier molecular flexibility index (Phi) is 44.4. The average Bonchev–Trinajstić information content (AvgIpc) is 3.21. The van der Waals surface area contributed by atoms with Gasteiger partial charge in [0, 0.05) is 19.3 Å². The van der Waals surface area contributed by atoms with Crippen molar-refractivity contribution >= 4 is 17.9 Å². The number of carbonyl (C=O) groups excluding carboxylic acids is 3. The quantitative estimate of drug-likeness (QED) is 0.0264. The van der Waals surface area contributed by atoms with Crippen LogP contribution in [0.25, 0.3) is 0 Å². The lowest BCUT2D eigenvalue weighted by Crippen LogP contribution is -2.30. The summed E-state index contributed by atoms with van der Waals surface area (Å²) in [5, 5.41) is 0. The molecule has 0 aliphatic rings. The molecule has 0 saturated carbocycles. The van der Waals surface area contributed by atoms with Gasteiger partial charge in [0.2, 0.25) is 0 Å². The van der Waals surface area contributed by atoms with E-state index in [0.29, 0.717) is 19.3 Å². The van der Waals surface area contributed by atoms with Crippen LogP contribution in [0.1, 0.15) is 252 Å². The number of rotatable bonds is 44. The third kappa shape index (κ3) is 44.6. The standard InChI is InChI=1S/C51H92O6/c1-4-7-10-13-16-19-21-23-25-27-29-32-35-38-41-44-50(53)56-47-48(46-55-49(52)43-40-37-34-31-18-15-12-9-6-3)57-51(54)45-42-39-36-33-30-28-26-24-22-20-17-14-11-8-5-2/h7,10,16,19,23,25,48H,4-6,8-9,11-15,17-18,20-22,24,26-47H2,1-3H3/b10-7-,19-16-,25-23-/t48-/m1/s1. The molecule has 0 unspecified atom stereocenters. The summed E-state index contributed by atoms with van der Waals surface area (Å²) < 4.78 is 16.7. The summed E-state index contributed by atoms with van der Waals surface area (Å²) in [6.07, 6.45) is 52.7. The molecule has 0 fully saturated rings. The van der Waals surface area contributed by atoms with E-state index >= 15 is 0 Å². The second kappa shape index (κ2) is 46.3. The fourth-order valence-corrected chi connectivity index (χ4v) is 6.99. The van der Waals surface area contributed by atoms with Gasteiger partial charge in [-0.1, -0.05) is 218 Å². The molecule has 0 aromatic carbocycles. The lowest BCUT2D eigenvalue weighted by molar-refractivity contribution is -0.167. The Morgan fingerprint density at radius 3 is 1.07 bits per heavy atom. The van der Waals surface area contributed by atoms with E-state index in [0.717, 1.165) is 96.3 Å². The lowest BCUT2D eigenvalue weighted by atomic mass is 10.0. The highest BCUT2D eigenvalue weighted by molar-refractivity contribution is 5.71. The SMILES string of the molecule is CC/C=C\C/C=C\C/C=C\CCCCCCCC(=O)OC[C@@H](COC(=O)CCCCCCCCCCC)OC(=O)CCCCCCCCCCCCCCCCC. The van der Waals surface area contributed by atoms with E-state index in [4.69, 9.17) is 14.2 Å². The van der Waals surface area contributed by atoms with Gasteiger partial charge in [0.1, 0.15) is 13.2 Å². The third-order valence-corrected chi connectivity index (χ3v) is 10.7. The highest BCUT2D eigenvalue weighted by Crippen LogP contribution is 2.15. The third-order valence-electron chi connectivity index (χ3n) is 10.7.